The van der Waals surface area contributed by atoms with Crippen LogP contribution in [0.25, 0.3) is 11.0 Å². The van der Waals surface area contributed by atoms with E-state index in [0.717, 1.165) is 34.8 Å². The van der Waals surface area contributed by atoms with Crippen molar-refractivity contribution < 1.29 is 14.2 Å². The summed E-state index contributed by atoms with van der Waals surface area (Å²) in [5, 5.41) is 0. The Kier molecular flexibility index (Phi) is 3.50. The number of fused-ring (bicyclic) bond motifs is 2. The van der Waals surface area contributed by atoms with Gasteiger partial charge in [-0.05, 0) is 6.42 Å². The van der Waals surface area contributed by atoms with Crippen LogP contribution in [0.5, 0.6) is 11.5 Å². The molecule has 1 aliphatic rings. The standard InChI is InChI=1S/C14H19N3O3/c1-3-9(15)6-17-11-5-13-12(19-8-20-13)4-10(11)16-14(17)7-18-2/h4-5,9H,3,6-8,15H2,1-2H3. The van der Waals surface area contributed by atoms with Crippen molar-refractivity contribution in [3.05, 3.63) is 18.0 Å². The highest BCUT2D eigenvalue weighted by molar-refractivity contribution is 5.81. The second kappa shape index (κ2) is 5.30. The van der Waals surface area contributed by atoms with E-state index in [2.05, 4.69) is 16.5 Å². The zero-order chi connectivity index (χ0) is 14.1. The van der Waals surface area contributed by atoms with Crippen molar-refractivity contribution in [1.82, 2.24) is 9.55 Å². The summed E-state index contributed by atoms with van der Waals surface area (Å²) in [4.78, 5) is 4.61. The average Bonchev–Trinajstić information content (AvgIpc) is 3.02. The molecule has 0 spiro atoms. The highest BCUT2D eigenvalue weighted by Crippen LogP contribution is 2.36. The SMILES string of the molecule is CCC(N)Cn1c(COC)nc2cc3c(cc21)OCO3. The Bertz CT molecular complexity index is 624. The maximum absolute atomic E-state index is 6.09. The lowest BCUT2D eigenvalue weighted by Gasteiger charge is -2.13. The Labute approximate surface area is 117 Å². The van der Waals surface area contributed by atoms with Gasteiger partial charge in [0, 0.05) is 31.8 Å². The van der Waals surface area contributed by atoms with Gasteiger partial charge in [-0.15, -0.1) is 0 Å². The molecule has 1 aliphatic heterocycles. The van der Waals surface area contributed by atoms with E-state index in [4.69, 9.17) is 19.9 Å². The van der Waals surface area contributed by atoms with Crippen molar-refractivity contribution in [1.29, 1.82) is 0 Å². The number of methoxy groups -OCH3 is 1. The number of hydrogen-bond acceptors (Lipinski definition) is 5. The van der Waals surface area contributed by atoms with Crippen LogP contribution in [0.4, 0.5) is 0 Å². The highest BCUT2D eigenvalue weighted by Gasteiger charge is 2.19. The Morgan fingerprint density at radius 2 is 2.15 bits per heavy atom. The van der Waals surface area contributed by atoms with Crippen molar-refractivity contribution in [2.75, 3.05) is 13.9 Å². The first-order valence-electron chi connectivity index (χ1n) is 6.76. The molecule has 0 fully saturated rings. The minimum absolute atomic E-state index is 0.0911. The third-order valence-electron chi connectivity index (χ3n) is 3.54. The van der Waals surface area contributed by atoms with Crippen LogP contribution in [0.2, 0.25) is 0 Å². The molecular formula is C14H19N3O3. The molecule has 0 aliphatic carbocycles. The molecule has 0 radical (unpaired) electrons. The number of aromatic nitrogens is 2. The molecule has 6 heteroatoms. The van der Waals surface area contributed by atoms with Gasteiger partial charge in [-0.1, -0.05) is 6.92 Å². The number of rotatable bonds is 5. The zero-order valence-corrected chi connectivity index (χ0v) is 11.8. The largest absolute Gasteiger partial charge is 0.454 e. The molecule has 0 saturated carbocycles. The van der Waals surface area contributed by atoms with E-state index in [1.807, 2.05) is 12.1 Å². The van der Waals surface area contributed by atoms with Gasteiger partial charge in [0.2, 0.25) is 6.79 Å². The average molecular weight is 277 g/mol. The van der Waals surface area contributed by atoms with Crippen molar-refractivity contribution >= 4 is 11.0 Å². The van der Waals surface area contributed by atoms with Crippen molar-refractivity contribution in [2.45, 2.75) is 32.5 Å². The smallest absolute Gasteiger partial charge is 0.231 e. The minimum atomic E-state index is 0.0911. The van der Waals surface area contributed by atoms with Crippen LogP contribution < -0.4 is 15.2 Å². The van der Waals surface area contributed by atoms with E-state index in [9.17, 15) is 0 Å². The normalized spacial score (nSPS) is 14.9. The number of ether oxygens (including phenoxy) is 3. The zero-order valence-electron chi connectivity index (χ0n) is 11.8. The summed E-state index contributed by atoms with van der Waals surface area (Å²) in [6, 6.07) is 3.96. The molecule has 3 rings (SSSR count). The number of imidazole rings is 1. The first kappa shape index (κ1) is 13.2. The molecule has 1 unspecified atom stereocenters. The molecule has 2 N–H and O–H groups in total. The third-order valence-corrected chi connectivity index (χ3v) is 3.54. The lowest BCUT2D eigenvalue weighted by atomic mass is 10.2. The van der Waals surface area contributed by atoms with Crippen LogP contribution in [0.15, 0.2) is 12.1 Å². The van der Waals surface area contributed by atoms with Gasteiger partial charge in [0.25, 0.3) is 0 Å². The van der Waals surface area contributed by atoms with E-state index >= 15 is 0 Å². The molecule has 2 aromatic rings. The lowest BCUT2D eigenvalue weighted by Crippen LogP contribution is -2.26. The summed E-state index contributed by atoms with van der Waals surface area (Å²) in [5.74, 6) is 2.37. The topological polar surface area (TPSA) is 71.5 Å². The van der Waals surface area contributed by atoms with Crippen molar-refractivity contribution in [3.63, 3.8) is 0 Å². The molecule has 2 heterocycles. The number of nitrogens with zero attached hydrogens (tertiary/aromatic N) is 2. The van der Waals surface area contributed by atoms with E-state index in [1.165, 1.54) is 0 Å². The summed E-state index contributed by atoms with van der Waals surface area (Å²) < 4.78 is 18.2. The third kappa shape index (κ3) is 2.21. The van der Waals surface area contributed by atoms with Crippen molar-refractivity contribution in [3.8, 4) is 11.5 Å². The van der Waals surface area contributed by atoms with Gasteiger partial charge in [0.1, 0.15) is 12.4 Å². The summed E-state index contributed by atoms with van der Waals surface area (Å²) in [6.45, 7) is 3.51. The first-order valence-corrected chi connectivity index (χ1v) is 6.76. The molecule has 6 nitrogen and oxygen atoms in total. The molecule has 108 valence electrons. The van der Waals surface area contributed by atoms with E-state index < -0.39 is 0 Å². The van der Waals surface area contributed by atoms with Gasteiger partial charge in [-0.3, -0.25) is 0 Å². The Morgan fingerprint density at radius 3 is 2.85 bits per heavy atom. The van der Waals surface area contributed by atoms with E-state index in [0.29, 0.717) is 13.2 Å². The molecule has 1 atom stereocenters. The van der Waals surface area contributed by atoms with Gasteiger partial charge in [0.05, 0.1) is 11.0 Å². The molecule has 0 saturated heterocycles. The van der Waals surface area contributed by atoms with Gasteiger partial charge in [-0.2, -0.15) is 0 Å². The van der Waals surface area contributed by atoms with Gasteiger partial charge in [-0.25, -0.2) is 4.98 Å². The second-order valence-corrected chi connectivity index (χ2v) is 4.93. The first-order chi connectivity index (χ1) is 9.72. The van der Waals surface area contributed by atoms with Gasteiger partial charge in [0.15, 0.2) is 11.5 Å². The Morgan fingerprint density at radius 1 is 1.40 bits per heavy atom. The van der Waals surface area contributed by atoms with Gasteiger partial charge < -0.3 is 24.5 Å². The van der Waals surface area contributed by atoms with E-state index in [-0.39, 0.29) is 12.8 Å². The van der Waals surface area contributed by atoms with Crippen LogP contribution in [0.3, 0.4) is 0 Å². The number of benzene rings is 1. The number of nitrogens with two attached hydrogens (primary N) is 1. The lowest BCUT2D eigenvalue weighted by molar-refractivity contribution is 0.173. The summed E-state index contributed by atoms with van der Waals surface area (Å²) in [6.07, 6.45) is 0.913. The van der Waals surface area contributed by atoms with Crippen LogP contribution in [-0.4, -0.2) is 29.5 Å². The maximum atomic E-state index is 6.09. The highest BCUT2D eigenvalue weighted by atomic mass is 16.7. The fourth-order valence-corrected chi connectivity index (χ4v) is 2.37. The second-order valence-electron chi connectivity index (χ2n) is 4.93. The van der Waals surface area contributed by atoms with Crippen LogP contribution in [-0.2, 0) is 17.9 Å². The monoisotopic (exact) mass is 277 g/mol. The minimum Gasteiger partial charge on any atom is -0.454 e. The fourth-order valence-electron chi connectivity index (χ4n) is 2.37. The molecular weight excluding hydrogens is 258 g/mol. The fraction of sp³-hybridized carbons (Fsp3) is 0.500. The summed E-state index contributed by atoms with van der Waals surface area (Å²) in [7, 11) is 1.66. The Balaban J connectivity index is 2.09. The van der Waals surface area contributed by atoms with Crippen LogP contribution in [0, 0.1) is 0 Å². The predicted molar refractivity (Wildman–Crippen MR) is 74.8 cm³/mol. The van der Waals surface area contributed by atoms with Crippen molar-refractivity contribution in [2.24, 2.45) is 5.73 Å². The van der Waals surface area contributed by atoms with Gasteiger partial charge >= 0.3 is 0 Å². The molecule has 0 amide bonds. The quantitative estimate of drug-likeness (QED) is 0.899. The van der Waals surface area contributed by atoms with Crippen LogP contribution >= 0.6 is 0 Å². The maximum Gasteiger partial charge on any atom is 0.231 e. The van der Waals surface area contributed by atoms with E-state index in [1.54, 1.807) is 7.11 Å². The molecule has 0 bridgehead atoms. The Hall–Kier alpha value is -1.79. The molecule has 1 aromatic carbocycles. The summed E-state index contributed by atoms with van der Waals surface area (Å²) >= 11 is 0. The number of hydrogen-bond donors (Lipinski definition) is 1. The molecule has 20 heavy (non-hydrogen) atoms. The summed E-state index contributed by atoms with van der Waals surface area (Å²) in [5.41, 5.74) is 7.97. The molecule has 1 aromatic heterocycles. The van der Waals surface area contributed by atoms with Crippen LogP contribution in [0.1, 0.15) is 19.2 Å². The predicted octanol–water partition coefficient (Wildman–Crippen LogP) is 1.65.